The Bertz CT molecular complexity index is 544. The second-order valence-corrected chi connectivity index (χ2v) is 12.6. The van der Waals surface area contributed by atoms with Crippen molar-refractivity contribution in [1.29, 1.82) is 0 Å². The number of rotatable bonds is 19. The van der Waals surface area contributed by atoms with Crippen molar-refractivity contribution in [2.75, 3.05) is 41.2 Å². The van der Waals surface area contributed by atoms with Crippen LogP contribution in [0.2, 0.25) is 12.1 Å². The number of carboxylic acids is 1. The van der Waals surface area contributed by atoms with Gasteiger partial charge in [-0.3, -0.25) is 14.4 Å². The second-order valence-electron chi connectivity index (χ2n) is 6.76. The summed E-state index contributed by atoms with van der Waals surface area (Å²) in [6.07, 6.45) is -0.0123. The van der Waals surface area contributed by atoms with Gasteiger partial charge in [-0.15, -0.1) is 0 Å². The monoisotopic (exact) mass is 498 g/mol. The van der Waals surface area contributed by atoms with Crippen molar-refractivity contribution in [1.82, 2.24) is 0 Å². The summed E-state index contributed by atoms with van der Waals surface area (Å²) in [6.45, 7) is 6.75. The summed E-state index contributed by atoms with van der Waals surface area (Å²) in [5.74, 6) is -3.82. The molecule has 0 saturated heterocycles. The topological polar surface area (TPSA) is 136 Å². The molecule has 32 heavy (non-hydrogen) atoms. The average Bonchev–Trinajstić information content (AvgIpc) is 2.74. The quantitative estimate of drug-likeness (QED) is 0.159. The summed E-state index contributed by atoms with van der Waals surface area (Å²) >= 11 is 0. The van der Waals surface area contributed by atoms with Gasteiger partial charge in [-0.25, -0.2) is 0 Å². The molecule has 0 radical (unpaired) electrons. The summed E-state index contributed by atoms with van der Waals surface area (Å²) in [7, 11) is -1.68. The molecular formula is C19H38O11Si2. The van der Waals surface area contributed by atoms with Gasteiger partial charge in [0.15, 0.2) is 0 Å². The molecule has 13 heteroatoms. The van der Waals surface area contributed by atoms with Gasteiger partial charge < -0.3 is 36.4 Å². The van der Waals surface area contributed by atoms with Crippen molar-refractivity contribution < 1.29 is 50.8 Å². The third-order valence-electron chi connectivity index (χ3n) is 4.67. The first-order valence-corrected chi connectivity index (χ1v) is 14.6. The third kappa shape index (κ3) is 11.1. The zero-order valence-electron chi connectivity index (χ0n) is 20.0. The van der Waals surface area contributed by atoms with Crippen LogP contribution in [0.1, 0.15) is 46.5 Å². The lowest BCUT2D eigenvalue weighted by Crippen LogP contribution is -2.46. The van der Waals surface area contributed by atoms with Crippen LogP contribution in [0.15, 0.2) is 0 Å². The highest BCUT2D eigenvalue weighted by atomic mass is 28.4. The van der Waals surface area contributed by atoms with Crippen LogP contribution in [-0.2, 0) is 45.7 Å². The van der Waals surface area contributed by atoms with Crippen LogP contribution in [0, 0.1) is 5.92 Å². The molecule has 0 spiro atoms. The Morgan fingerprint density at radius 3 is 1.72 bits per heavy atom. The van der Waals surface area contributed by atoms with Crippen LogP contribution < -0.4 is 0 Å². The first-order valence-electron chi connectivity index (χ1n) is 10.7. The standard InChI is InChI=1S/C19H38O11Si2/c1-7-27-32(28-8-2,29-9-3)13-10-11-16(15-17(20)21)19(23)30-18(22)12-14-31(24-4,25-5)26-6/h16H,7-15H2,1-6H3,(H,20,21). The van der Waals surface area contributed by atoms with Gasteiger partial charge in [0.25, 0.3) is 0 Å². The van der Waals surface area contributed by atoms with Gasteiger partial charge in [-0.1, -0.05) is 0 Å². The zero-order chi connectivity index (χ0) is 24.6. The summed E-state index contributed by atoms with van der Waals surface area (Å²) < 4.78 is 37.9. The first-order chi connectivity index (χ1) is 15.2. The van der Waals surface area contributed by atoms with Gasteiger partial charge in [0.1, 0.15) is 0 Å². The lowest BCUT2D eigenvalue weighted by Gasteiger charge is -2.28. The van der Waals surface area contributed by atoms with Crippen molar-refractivity contribution in [2.24, 2.45) is 5.92 Å². The average molecular weight is 499 g/mol. The second kappa shape index (κ2) is 16.4. The maximum Gasteiger partial charge on any atom is 0.500 e. The molecule has 0 bridgehead atoms. The van der Waals surface area contributed by atoms with E-state index in [0.717, 1.165) is 0 Å². The number of esters is 2. The van der Waals surface area contributed by atoms with Crippen LogP contribution in [0.25, 0.3) is 0 Å². The molecule has 0 aromatic carbocycles. The molecule has 0 aliphatic rings. The number of hydrogen-bond acceptors (Lipinski definition) is 10. The summed E-state index contributed by atoms with van der Waals surface area (Å²) in [4.78, 5) is 35.9. The normalized spacial score (nSPS) is 13.1. The predicted octanol–water partition coefficient (Wildman–Crippen LogP) is 2.24. The predicted molar refractivity (Wildman–Crippen MR) is 118 cm³/mol. The highest BCUT2D eigenvalue weighted by Gasteiger charge is 2.41. The molecule has 0 fully saturated rings. The molecule has 0 aliphatic heterocycles. The van der Waals surface area contributed by atoms with Gasteiger partial charge in [-0.05, 0) is 33.6 Å². The Morgan fingerprint density at radius 1 is 0.812 bits per heavy atom. The number of ether oxygens (including phenoxy) is 1. The van der Waals surface area contributed by atoms with E-state index in [2.05, 4.69) is 0 Å². The lowest BCUT2D eigenvalue weighted by atomic mass is 10.0. The maximum atomic E-state index is 12.5. The van der Waals surface area contributed by atoms with Gasteiger partial charge in [0.05, 0.1) is 18.8 Å². The smallest absolute Gasteiger partial charge is 0.481 e. The molecule has 0 heterocycles. The van der Waals surface area contributed by atoms with Gasteiger partial charge in [0.2, 0.25) is 0 Å². The summed E-state index contributed by atoms with van der Waals surface area (Å²) in [5.41, 5.74) is 0. The fourth-order valence-electron chi connectivity index (χ4n) is 3.14. The zero-order valence-corrected chi connectivity index (χ0v) is 22.0. The molecule has 1 unspecified atom stereocenters. The number of carbonyl (C=O) groups is 3. The van der Waals surface area contributed by atoms with Gasteiger partial charge in [-0.2, -0.15) is 0 Å². The van der Waals surface area contributed by atoms with Crippen LogP contribution in [-0.4, -0.2) is 81.8 Å². The fourth-order valence-corrected chi connectivity index (χ4v) is 7.40. The minimum atomic E-state index is -2.99. The highest BCUT2D eigenvalue weighted by Crippen LogP contribution is 2.24. The van der Waals surface area contributed by atoms with Crippen molar-refractivity contribution in [3.8, 4) is 0 Å². The molecule has 11 nitrogen and oxygen atoms in total. The van der Waals surface area contributed by atoms with Crippen LogP contribution in [0.3, 0.4) is 0 Å². The van der Waals surface area contributed by atoms with E-state index in [0.29, 0.717) is 32.3 Å². The van der Waals surface area contributed by atoms with E-state index in [9.17, 15) is 19.5 Å². The van der Waals surface area contributed by atoms with Crippen molar-refractivity contribution >= 4 is 35.5 Å². The maximum absolute atomic E-state index is 12.5. The molecule has 188 valence electrons. The summed E-state index contributed by atoms with van der Waals surface area (Å²) in [6, 6.07) is 0.543. The molecule has 1 atom stereocenters. The molecule has 0 rings (SSSR count). The molecule has 0 saturated carbocycles. The molecule has 0 aromatic heterocycles. The van der Waals surface area contributed by atoms with Crippen molar-refractivity contribution in [3.63, 3.8) is 0 Å². The Kier molecular flexibility index (Phi) is 15.8. The fraction of sp³-hybridized carbons (Fsp3) is 0.842. The Labute approximate surface area is 192 Å². The van der Waals surface area contributed by atoms with Gasteiger partial charge in [0, 0.05) is 53.2 Å². The lowest BCUT2D eigenvalue weighted by molar-refractivity contribution is -0.164. The largest absolute Gasteiger partial charge is 0.500 e. The van der Waals surface area contributed by atoms with E-state index in [4.69, 9.17) is 31.3 Å². The minimum Gasteiger partial charge on any atom is -0.481 e. The van der Waals surface area contributed by atoms with E-state index in [1.54, 1.807) is 0 Å². The van der Waals surface area contributed by atoms with Crippen molar-refractivity contribution in [2.45, 2.75) is 58.5 Å². The highest BCUT2D eigenvalue weighted by molar-refractivity contribution is 6.61. The first kappa shape index (κ1) is 30.8. The SMILES string of the molecule is CCO[Si](CCCC(CC(=O)O)C(=O)OC(=O)CC[Si](OC)(OC)OC)(OCC)OCC. The third-order valence-corrected chi connectivity index (χ3v) is 10.5. The van der Waals surface area contributed by atoms with Crippen LogP contribution in [0.5, 0.6) is 0 Å². The van der Waals surface area contributed by atoms with E-state index in [1.165, 1.54) is 21.3 Å². The van der Waals surface area contributed by atoms with E-state index < -0.39 is 47.9 Å². The number of carbonyl (C=O) groups excluding carboxylic acids is 2. The Morgan fingerprint density at radius 2 is 1.31 bits per heavy atom. The molecule has 1 N–H and O–H groups in total. The van der Waals surface area contributed by atoms with E-state index >= 15 is 0 Å². The van der Waals surface area contributed by atoms with Crippen LogP contribution in [0.4, 0.5) is 0 Å². The number of carboxylic acid groups (broad SMARTS) is 1. The minimum absolute atomic E-state index is 0.122. The molecule has 0 amide bonds. The summed E-state index contributed by atoms with van der Waals surface area (Å²) in [5, 5.41) is 9.18. The molecular weight excluding hydrogens is 460 g/mol. The number of aliphatic carboxylic acids is 1. The van der Waals surface area contributed by atoms with Gasteiger partial charge >= 0.3 is 35.5 Å². The molecule has 0 aliphatic carbocycles. The van der Waals surface area contributed by atoms with E-state index in [1.807, 2.05) is 20.8 Å². The Balaban J connectivity index is 5.00. The van der Waals surface area contributed by atoms with Crippen LogP contribution >= 0.6 is 0 Å². The van der Waals surface area contributed by atoms with Crippen molar-refractivity contribution in [3.05, 3.63) is 0 Å². The molecule has 0 aromatic rings. The number of hydrogen-bond donors (Lipinski definition) is 1. The van der Waals surface area contributed by atoms with E-state index in [-0.39, 0.29) is 18.9 Å². The Hall–Kier alpha value is -1.20.